The molecular formula is C25H30F2N4O. The molecule has 1 amide bonds. The second-order valence-corrected chi connectivity index (χ2v) is 9.23. The van der Waals surface area contributed by atoms with Crippen LogP contribution < -0.4 is 5.32 Å². The zero-order chi connectivity index (χ0) is 23.7. The molecule has 0 bridgehead atoms. The summed E-state index contributed by atoms with van der Waals surface area (Å²) in [6.45, 7) is 10.8. The van der Waals surface area contributed by atoms with Gasteiger partial charge in [-0.15, -0.1) is 0 Å². The third-order valence-corrected chi connectivity index (χ3v) is 5.22. The van der Waals surface area contributed by atoms with E-state index in [1.54, 1.807) is 30.5 Å². The Labute approximate surface area is 187 Å². The first-order chi connectivity index (χ1) is 14.9. The predicted octanol–water partition coefficient (Wildman–Crippen LogP) is 6.09. The molecule has 0 aliphatic rings. The van der Waals surface area contributed by atoms with Gasteiger partial charge in [0.1, 0.15) is 11.6 Å². The van der Waals surface area contributed by atoms with Crippen LogP contribution in [0.25, 0.3) is 17.1 Å². The number of amides is 1. The quantitative estimate of drug-likeness (QED) is 0.505. The highest BCUT2D eigenvalue weighted by molar-refractivity contribution is 5.96. The first kappa shape index (κ1) is 23.6. The summed E-state index contributed by atoms with van der Waals surface area (Å²) in [7, 11) is 0. The molecule has 1 atom stereocenters. The van der Waals surface area contributed by atoms with Crippen LogP contribution in [0.15, 0.2) is 48.8 Å². The van der Waals surface area contributed by atoms with Crippen molar-refractivity contribution in [2.45, 2.75) is 65.3 Å². The highest BCUT2D eigenvalue weighted by Gasteiger charge is 2.24. The summed E-state index contributed by atoms with van der Waals surface area (Å²) in [5.74, 6) is -1.55. The summed E-state index contributed by atoms with van der Waals surface area (Å²) in [5.41, 5.74) is 1.13. The number of halogens is 2. The van der Waals surface area contributed by atoms with Gasteiger partial charge in [-0.05, 0) is 39.3 Å². The largest absolute Gasteiger partial charge is 0.347 e. The maximum atomic E-state index is 13.6. The van der Waals surface area contributed by atoms with E-state index < -0.39 is 11.5 Å². The molecule has 0 saturated heterocycles. The lowest BCUT2D eigenvalue weighted by Crippen LogP contribution is -2.40. The molecule has 5 nitrogen and oxygen atoms in total. The number of imidazole rings is 1. The molecule has 0 aliphatic carbocycles. The molecule has 1 aromatic carbocycles. The van der Waals surface area contributed by atoms with Gasteiger partial charge in [0.15, 0.2) is 0 Å². The maximum Gasteiger partial charge on any atom is 0.270 e. The molecule has 170 valence electrons. The lowest BCUT2D eigenvalue weighted by Gasteiger charge is -2.21. The van der Waals surface area contributed by atoms with Crippen molar-refractivity contribution in [3.8, 4) is 17.1 Å². The van der Waals surface area contributed by atoms with Crippen LogP contribution in [0.3, 0.4) is 0 Å². The van der Waals surface area contributed by atoms with Crippen LogP contribution in [0.1, 0.15) is 75.6 Å². The van der Waals surface area contributed by atoms with Crippen LogP contribution in [0, 0.1) is 0 Å². The zero-order valence-corrected chi connectivity index (χ0v) is 19.4. The number of pyridine rings is 1. The summed E-state index contributed by atoms with van der Waals surface area (Å²) in [6, 6.07) is 9.40. The Hall–Kier alpha value is -3.09. The SMILES string of the molecule is CCC(C)c1nccn1-c1cc(C(=O)NC(C)(C)C)cc(-c2ccc(C(C)(F)F)cc2)n1. The first-order valence-corrected chi connectivity index (χ1v) is 10.8. The summed E-state index contributed by atoms with van der Waals surface area (Å²) in [4.78, 5) is 22.2. The number of carbonyl (C=O) groups is 1. The summed E-state index contributed by atoms with van der Waals surface area (Å²) >= 11 is 0. The second kappa shape index (κ2) is 8.81. The van der Waals surface area contributed by atoms with E-state index in [1.807, 2.05) is 31.5 Å². The Bertz CT molecular complexity index is 1090. The van der Waals surface area contributed by atoms with E-state index in [9.17, 15) is 13.6 Å². The Kier molecular flexibility index (Phi) is 6.49. The number of benzene rings is 1. The molecule has 0 saturated carbocycles. The maximum absolute atomic E-state index is 13.6. The summed E-state index contributed by atoms with van der Waals surface area (Å²) in [6.07, 6.45) is 4.43. The van der Waals surface area contributed by atoms with Crippen LogP contribution in [0.5, 0.6) is 0 Å². The van der Waals surface area contributed by atoms with Gasteiger partial charge in [-0.25, -0.2) is 18.7 Å². The van der Waals surface area contributed by atoms with E-state index in [-0.39, 0.29) is 17.4 Å². The van der Waals surface area contributed by atoms with Gasteiger partial charge in [-0.3, -0.25) is 9.36 Å². The molecule has 3 rings (SSSR count). The number of nitrogens with one attached hydrogen (secondary N) is 1. The predicted molar refractivity (Wildman–Crippen MR) is 122 cm³/mol. The molecule has 1 N–H and O–H groups in total. The molecule has 1 unspecified atom stereocenters. The van der Waals surface area contributed by atoms with Gasteiger partial charge in [0, 0.05) is 47.5 Å². The fourth-order valence-electron chi connectivity index (χ4n) is 3.32. The number of hydrogen-bond donors (Lipinski definition) is 1. The Morgan fingerprint density at radius 3 is 2.34 bits per heavy atom. The molecule has 32 heavy (non-hydrogen) atoms. The van der Waals surface area contributed by atoms with Crippen LogP contribution in [0.4, 0.5) is 8.78 Å². The van der Waals surface area contributed by atoms with Gasteiger partial charge in [0.25, 0.3) is 11.8 Å². The van der Waals surface area contributed by atoms with Crippen molar-refractivity contribution < 1.29 is 13.6 Å². The Balaban J connectivity index is 2.13. The monoisotopic (exact) mass is 440 g/mol. The van der Waals surface area contributed by atoms with Gasteiger partial charge in [-0.2, -0.15) is 0 Å². The highest BCUT2D eigenvalue weighted by atomic mass is 19.3. The first-order valence-electron chi connectivity index (χ1n) is 10.8. The van der Waals surface area contributed by atoms with Crippen molar-refractivity contribution in [3.63, 3.8) is 0 Å². The minimum atomic E-state index is -2.92. The molecule has 0 spiro atoms. The molecular weight excluding hydrogens is 410 g/mol. The lowest BCUT2D eigenvalue weighted by molar-refractivity contribution is 0.0175. The third-order valence-electron chi connectivity index (χ3n) is 5.22. The fraction of sp³-hybridized carbons (Fsp3) is 0.400. The van der Waals surface area contributed by atoms with Gasteiger partial charge in [0.05, 0.1) is 5.69 Å². The fourth-order valence-corrected chi connectivity index (χ4v) is 3.32. The number of carbonyl (C=O) groups excluding carboxylic acids is 1. The van der Waals surface area contributed by atoms with Gasteiger partial charge in [-0.1, -0.05) is 38.1 Å². The highest BCUT2D eigenvalue weighted by Crippen LogP contribution is 2.30. The molecule has 2 heterocycles. The number of hydrogen-bond acceptors (Lipinski definition) is 3. The molecule has 0 radical (unpaired) electrons. The molecule has 0 aliphatic heterocycles. The summed E-state index contributed by atoms with van der Waals surface area (Å²) < 4.78 is 29.2. The van der Waals surface area contributed by atoms with Crippen LogP contribution in [-0.2, 0) is 5.92 Å². The average Bonchev–Trinajstić information content (AvgIpc) is 3.21. The van der Waals surface area contributed by atoms with E-state index in [2.05, 4.69) is 24.1 Å². The van der Waals surface area contributed by atoms with Crippen molar-refractivity contribution in [2.75, 3.05) is 0 Å². The molecule has 2 aromatic heterocycles. The van der Waals surface area contributed by atoms with Crippen molar-refractivity contribution in [1.82, 2.24) is 19.9 Å². The summed E-state index contributed by atoms with van der Waals surface area (Å²) in [5, 5.41) is 2.97. The smallest absolute Gasteiger partial charge is 0.270 e. The van der Waals surface area contributed by atoms with E-state index in [0.717, 1.165) is 19.2 Å². The third kappa shape index (κ3) is 5.39. The average molecular weight is 441 g/mol. The number of nitrogens with zero attached hydrogens (tertiary/aromatic N) is 3. The van der Waals surface area contributed by atoms with E-state index in [4.69, 9.17) is 4.98 Å². The lowest BCUT2D eigenvalue weighted by atomic mass is 10.0. The van der Waals surface area contributed by atoms with Crippen molar-refractivity contribution >= 4 is 5.91 Å². The van der Waals surface area contributed by atoms with E-state index >= 15 is 0 Å². The normalized spacial score (nSPS) is 13.1. The minimum Gasteiger partial charge on any atom is -0.347 e. The second-order valence-electron chi connectivity index (χ2n) is 9.23. The van der Waals surface area contributed by atoms with Gasteiger partial charge in [0.2, 0.25) is 0 Å². The Morgan fingerprint density at radius 1 is 1.12 bits per heavy atom. The van der Waals surface area contributed by atoms with Gasteiger partial charge >= 0.3 is 0 Å². The molecule has 0 fully saturated rings. The van der Waals surface area contributed by atoms with Crippen LogP contribution in [0.2, 0.25) is 0 Å². The number of alkyl halides is 2. The topological polar surface area (TPSA) is 59.8 Å². The molecule has 3 aromatic rings. The number of rotatable bonds is 6. The van der Waals surface area contributed by atoms with E-state index in [0.29, 0.717) is 22.6 Å². The molecule has 7 heteroatoms. The van der Waals surface area contributed by atoms with Gasteiger partial charge < -0.3 is 5.32 Å². The van der Waals surface area contributed by atoms with Crippen molar-refractivity contribution in [2.24, 2.45) is 0 Å². The van der Waals surface area contributed by atoms with Crippen molar-refractivity contribution in [3.05, 3.63) is 65.7 Å². The Morgan fingerprint density at radius 2 is 1.78 bits per heavy atom. The van der Waals surface area contributed by atoms with Crippen LogP contribution in [-0.4, -0.2) is 26.0 Å². The van der Waals surface area contributed by atoms with Crippen LogP contribution >= 0.6 is 0 Å². The zero-order valence-electron chi connectivity index (χ0n) is 19.4. The standard InChI is InChI=1S/C25H30F2N4O/c1-7-16(2)22-28-12-13-31(22)21-15-18(23(32)30-24(3,4)5)14-20(29-21)17-8-10-19(11-9-17)25(6,26)27/h8-16H,7H2,1-6H3,(H,30,32). The van der Waals surface area contributed by atoms with E-state index in [1.165, 1.54) is 12.1 Å². The minimum absolute atomic E-state index is 0.0724. The van der Waals surface area contributed by atoms with Crippen molar-refractivity contribution in [1.29, 1.82) is 0 Å². The number of aromatic nitrogens is 3.